The van der Waals surface area contributed by atoms with Crippen LogP contribution >= 0.6 is 0 Å². The summed E-state index contributed by atoms with van der Waals surface area (Å²) in [6.45, 7) is 9.80. The summed E-state index contributed by atoms with van der Waals surface area (Å²) in [5.74, 6) is -1.68. The van der Waals surface area contributed by atoms with E-state index in [1.807, 2.05) is 33.9 Å². The Morgan fingerprint density at radius 1 is 0.826 bits per heavy atom. The summed E-state index contributed by atoms with van der Waals surface area (Å²) in [6.07, 6.45) is -9.94. The largest absolute Gasteiger partial charge is 0.573 e. The summed E-state index contributed by atoms with van der Waals surface area (Å²) >= 11 is 0. The van der Waals surface area contributed by atoms with E-state index in [9.17, 15) is 35.9 Å². The topological polar surface area (TPSA) is 67.9 Å². The Kier molecular flexibility index (Phi) is 9.59. The van der Waals surface area contributed by atoms with Gasteiger partial charge in [-0.25, -0.2) is 0 Å². The zero-order valence-corrected chi connectivity index (χ0v) is 27.1. The zero-order chi connectivity index (χ0) is 34.1. The molecule has 0 spiro atoms. The first-order valence-corrected chi connectivity index (χ1v) is 17.5. The van der Waals surface area contributed by atoms with Gasteiger partial charge in [-0.15, -0.1) is 26.3 Å². The molecule has 4 rings (SSSR count). The third-order valence-corrected chi connectivity index (χ3v) is 14.3. The Morgan fingerprint density at radius 2 is 1.33 bits per heavy atom. The molecule has 6 nitrogen and oxygen atoms in total. The molecule has 13 heteroatoms. The molecule has 1 heterocycles. The first-order chi connectivity index (χ1) is 21.2. The number of carbonyl (C=O) groups is 2. The van der Waals surface area contributed by atoms with Crippen LogP contribution < -0.4 is 14.8 Å². The van der Waals surface area contributed by atoms with Gasteiger partial charge in [-0.2, -0.15) is 0 Å². The first kappa shape index (κ1) is 34.9. The van der Waals surface area contributed by atoms with Crippen molar-refractivity contribution in [1.82, 2.24) is 9.88 Å². The number of halogens is 6. The minimum absolute atomic E-state index is 0.00611. The molecular weight excluding hydrogens is 630 g/mol. The van der Waals surface area contributed by atoms with Crippen LogP contribution in [0, 0.1) is 0 Å². The number of alkyl halides is 6. The maximum atomic E-state index is 13.8. The lowest BCUT2D eigenvalue weighted by atomic mass is 9.70. The summed E-state index contributed by atoms with van der Waals surface area (Å²) in [7, 11) is -2.46. The molecule has 0 radical (unpaired) electrons. The van der Waals surface area contributed by atoms with E-state index >= 15 is 0 Å². The van der Waals surface area contributed by atoms with Crippen LogP contribution in [0.2, 0.25) is 18.1 Å². The highest BCUT2D eigenvalue weighted by molar-refractivity contribution is 6.80. The van der Waals surface area contributed by atoms with E-state index in [0.717, 1.165) is 24.3 Å². The van der Waals surface area contributed by atoms with Crippen molar-refractivity contribution in [2.24, 2.45) is 0 Å². The molecule has 3 aromatic rings. The Balaban J connectivity index is 1.83. The van der Waals surface area contributed by atoms with Crippen molar-refractivity contribution in [1.29, 1.82) is 0 Å². The highest BCUT2D eigenvalue weighted by atomic mass is 28.3. The van der Waals surface area contributed by atoms with Gasteiger partial charge in [0.15, 0.2) is 8.24 Å². The van der Waals surface area contributed by atoms with Gasteiger partial charge in [-0.05, 0) is 52.4 Å². The second kappa shape index (κ2) is 12.7. The van der Waals surface area contributed by atoms with Crippen molar-refractivity contribution in [2.75, 3.05) is 6.54 Å². The third kappa shape index (κ3) is 7.86. The lowest BCUT2D eigenvalue weighted by molar-refractivity contribution is -0.275. The van der Waals surface area contributed by atoms with E-state index in [4.69, 9.17) is 0 Å². The molecule has 0 unspecified atom stereocenters. The zero-order valence-electron chi connectivity index (χ0n) is 26.1. The van der Waals surface area contributed by atoms with E-state index < -0.39 is 49.8 Å². The lowest BCUT2D eigenvalue weighted by Gasteiger charge is -2.54. The number of β-lactam (4-membered cyclic amide) rings is 1. The quantitative estimate of drug-likeness (QED) is 0.137. The molecule has 46 heavy (non-hydrogen) atoms. The predicted octanol–water partition coefficient (Wildman–Crippen LogP) is 7.73. The van der Waals surface area contributed by atoms with E-state index in [1.54, 1.807) is 34.9 Å². The Hall–Kier alpha value is -4.00. The summed E-state index contributed by atoms with van der Waals surface area (Å²) in [5.41, 5.74) is -0.229. The fraction of sp³-hybridized carbons (Fsp3) is 0.394. The van der Waals surface area contributed by atoms with Crippen LogP contribution in [0.15, 0.2) is 78.9 Å². The van der Waals surface area contributed by atoms with Crippen molar-refractivity contribution in [3.63, 3.8) is 0 Å². The number of ether oxygens (including phenoxy) is 2. The van der Waals surface area contributed by atoms with E-state index in [1.165, 1.54) is 24.3 Å². The highest BCUT2D eigenvalue weighted by Crippen LogP contribution is 2.44. The van der Waals surface area contributed by atoms with E-state index in [0.29, 0.717) is 5.56 Å². The Bertz CT molecular complexity index is 1490. The molecule has 2 amide bonds. The first-order valence-electron chi connectivity index (χ1n) is 14.6. The van der Waals surface area contributed by atoms with Gasteiger partial charge in [0.25, 0.3) is 0 Å². The molecule has 1 aliphatic heterocycles. The number of amides is 2. The average Bonchev–Trinajstić information content (AvgIpc) is 2.92. The molecule has 0 bridgehead atoms. The minimum atomic E-state index is -5.00. The summed E-state index contributed by atoms with van der Waals surface area (Å²) in [5, 5.41) is 2.66. The number of nitrogens with one attached hydrogen (secondary N) is 1. The summed E-state index contributed by atoms with van der Waals surface area (Å²) in [6, 6.07) is 18.4. The van der Waals surface area contributed by atoms with E-state index in [-0.39, 0.29) is 41.5 Å². The SMILES string of the molecule is CC(C)(C)[Si](C)(C)N1C(=O)C[C@@H]1C(=O)NCC(Cc1ccccc1)(c1cccc(OC(F)(F)F)c1)c1cccc(OC(F)(F)F)c1. The van der Waals surface area contributed by atoms with Gasteiger partial charge in [0.05, 0.1) is 6.42 Å². The molecule has 1 aliphatic rings. The van der Waals surface area contributed by atoms with E-state index in [2.05, 4.69) is 14.8 Å². The Morgan fingerprint density at radius 3 is 1.76 bits per heavy atom. The van der Waals surface area contributed by atoms with Gasteiger partial charge >= 0.3 is 12.7 Å². The highest BCUT2D eigenvalue weighted by Gasteiger charge is 2.54. The lowest BCUT2D eigenvalue weighted by Crippen LogP contribution is -2.71. The van der Waals surface area contributed by atoms with Crippen LogP contribution in [0.5, 0.6) is 11.5 Å². The van der Waals surface area contributed by atoms with Gasteiger partial charge in [0, 0.05) is 12.0 Å². The number of nitrogens with zero attached hydrogens (tertiary/aromatic N) is 1. The van der Waals surface area contributed by atoms with Crippen LogP contribution in [0.25, 0.3) is 0 Å². The summed E-state index contributed by atoms with van der Waals surface area (Å²) in [4.78, 5) is 26.6. The number of benzene rings is 3. The number of hydrogen-bond donors (Lipinski definition) is 1. The second-order valence-corrected chi connectivity index (χ2v) is 18.0. The predicted molar refractivity (Wildman–Crippen MR) is 163 cm³/mol. The number of hydrogen-bond acceptors (Lipinski definition) is 4. The van der Waals surface area contributed by atoms with Gasteiger partial charge in [0.2, 0.25) is 11.8 Å². The maximum Gasteiger partial charge on any atom is 0.573 e. The van der Waals surface area contributed by atoms with Crippen LogP contribution in [-0.4, -0.2) is 49.9 Å². The van der Waals surface area contributed by atoms with Crippen molar-refractivity contribution in [3.05, 3.63) is 95.6 Å². The van der Waals surface area contributed by atoms with Crippen LogP contribution in [0.3, 0.4) is 0 Å². The van der Waals surface area contributed by atoms with Crippen LogP contribution in [0.4, 0.5) is 26.3 Å². The van der Waals surface area contributed by atoms with Gasteiger partial charge in [-0.1, -0.05) is 88.5 Å². The van der Waals surface area contributed by atoms with Gasteiger partial charge < -0.3 is 19.4 Å². The van der Waals surface area contributed by atoms with Gasteiger partial charge in [-0.3, -0.25) is 9.59 Å². The van der Waals surface area contributed by atoms with Crippen molar-refractivity contribution in [3.8, 4) is 11.5 Å². The molecule has 1 saturated heterocycles. The van der Waals surface area contributed by atoms with Gasteiger partial charge in [0.1, 0.15) is 17.5 Å². The minimum Gasteiger partial charge on any atom is -0.406 e. The normalized spacial score (nSPS) is 16.1. The fourth-order valence-electron chi connectivity index (χ4n) is 5.61. The fourth-order valence-corrected chi connectivity index (χ4v) is 8.03. The molecule has 248 valence electrons. The molecule has 1 N–H and O–H groups in total. The Labute approximate surface area is 264 Å². The average molecular weight is 667 g/mol. The molecule has 3 aromatic carbocycles. The van der Waals surface area contributed by atoms with Crippen molar-refractivity contribution < 1.29 is 45.4 Å². The molecule has 1 atom stereocenters. The van der Waals surface area contributed by atoms with Crippen molar-refractivity contribution >= 4 is 20.0 Å². The molecule has 0 aliphatic carbocycles. The molecule has 1 fully saturated rings. The molecule has 0 saturated carbocycles. The molecule has 0 aromatic heterocycles. The second-order valence-electron chi connectivity index (χ2n) is 12.9. The standard InChI is InChI=1S/C33H36F6N2O4Si/c1-30(2,3)46(4,5)41-27(19-28(41)42)29(43)40-21-31(20-22-11-7-6-8-12-22,23-13-9-15-25(17-23)44-32(34,35)36)24-14-10-16-26(18-24)45-33(37,38)39/h6-18,27H,19-21H2,1-5H3,(H,40,43)/t27-/m1/s1. The number of carbonyl (C=O) groups excluding carboxylic acids is 2. The monoisotopic (exact) mass is 666 g/mol. The number of rotatable bonds is 10. The molecular formula is C33H36F6N2O4Si. The van der Waals surface area contributed by atoms with Crippen molar-refractivity contribution in [2.45, 2.75) is 75.9 Å². The third-order valence-electron chi connectivity index (χ3n) is 8.84. The van der Waals surface area contributed by atoms with Crippen LogP contribution in [-0.2, 0) is 21.4 Å². The maximum absolute atomic E-state index is 13.8. The summed E-state index contributed by atoms with van der Waals surface area (Å²) < 4.78 is 89.6. The smallest absolute Gasteiger partial charge is 0.406 e. The van der Waals surface area contributed by atoms with Crippen LogP contribution in [0.1, 0.15) is 43.9 Å².